The van der Waals surface area contributed by atoms with Crippen molar-refractivity contribution in [1.82, 2.24) is 0 Å². The van der Waals surface area contributed by atoms with Gasteiger partial charge in [-0.05, 0) is 76.0 Å². The summed E-state index contributed by atoms with van der Waals surface area (Å²) in [6.07, 6.45) is 8.70. The summed E-state index contributed by atoms with van der Waals surface area (Å²) < 4.78 is 43.1. The smallest absolute Gasteiger partial charge is 0.376 e. The summed E-state index contributed by atoms with van der Waals surface area (Å²) >= 11 is 0. The number of halogens is 2. The number of carbonyl (C=O) groups is 2. The minimum atomic E-state index is -3.48. The molecule has 2 unspecified atom stereocenters. The van der Waals surface area contributed by atoms with E-state index in [1.54, 1.807) is 7.11 Å². The number of ether oxygens (including phenoxy) is 3. The Balaban J connectivity index is 1.41. The standard InChI is InChI=1S/C22H32F2O5/c1-20(23,24)19(26)28-13-21-8-14-7-15(9-21)11-22(10-14,12-21)29-18(25)16-3-5-17(27-2)6-4-16/h14-17H,3-13H2,1-2H3. The topological polar surface area (TPSA) is 61.8 Å². The molecule has 0 aromatic heterocycles. The summed E-state index contributed by atoms with van der Waals surface area (Å²) in [7, 11) is 1.71. The molecule has 5 rings (SSSR count). The third-order valence-corrected chi connectivity index (χ3v) is 7.65. The van der Waals surface area contributed by atoms with E-state index in [9.17, 15) is 18.4 Å². The van der Waals surface area contributed by atoms with Crippen LogP contribution in [0.5, 0.6) is 0 Å². The lowest BCUT2D eigenvalue weighted by Gasteiger charge is -2.61. The predicted molar refractivity (Wildman–Crippen MR) is 100 cm³/mol. The van der Waals surface area contributed by atoms with Gasteiger partial charge in [0, 0.05) is 19.4 Å². The molecule has 4 bridgehead atoms. The van der Waals surface area contributed by atoms with Crippen LogP contribution in [0.15, 0.2) is 0 Å². The maximum absolute atomic E-state index is 13.2. The molecule has 0 radical (unpaired) electrons. The molecule has 5 fully saturated rings. The molecule has 5 aliphatic rings. The largest absolute Gasteiger partial charge is 0.461 e. The van der Waals surface area contributed by atoms with Crippen LogP contribution < -0.4 is 0 Å². The predicted octanol–water partition coefficient (Wildman–Crippen LogP) is 4.27. The fourth-order valence-corrected chi connectivity index (χ4v) is 6.83. The van der Waals surface area contributed by atoms with Crippen LogP contribution in [-0.4, -0.2) is 43.3 Å². The lowest BCUT2D eigenvalue weighted by molar-refractivity contribution is -0.217. The molecule has 0 N–H and O–H groups in total. The number of hydrogen-bond acceptors (Lipinski definition) is 5. The fraction of sp³-hybridized carbons (Fsp3) is 0.909. The molecule has 7 heteroatoms. The van der Waals surface area contributed by atoms with E-state index in [1.807, 2.05) is 0 Å². The highest BCUT2D eigenvalue weighted by molar-refractivity contribution is 5.77. The van der Waals surface area contributed by atoms with Crippen LogP contribution in [0.4, 0.5) is 8.78 Å². The van der Waals surface area contributed by atoms with Gasteiger partial charge in [0.2, 0.25) is 0 Å². The summed E-state index contributed by atoms with van der Waals surface area (Å²) in [5, 5.41) is 0. The molecule has 5 nitrogen and oxygen atoms in total. The number of methoxy groups -OCH3 is 1. The van der Waals surface area contributed by atoms with Crippen molar-refractivity contribution >= 4 is 11.9 Å². The molecule has 0 aromatic rings. The molecule has 2 atom stereocenters. The Labute approximate surface area is 170 Å². The summed E-state index contributed by atoms with van der Waals surface area (Å²) in [4.78, 5) is 24.5. The average Bonchev–Trinajstić information content (AvgIpc) is 2.64. The van der Waals surface area contributed by atoms with Crippen LogP contribution in [-0.2, 0) is 23.8 Å². The van der Waals surface area contributed by atoms with Gasteiger partial charge in [-0.2, -0.15) is 8.78 Å². The van der Waals surface area contributed by atoms with Crippen LogP contribution in [0.1, 0.15) is 71.1 Å². The van der Waals surface area contributed by atoms with Crippen molar-refractivity contribution in [3.8, 4) is 0 Å². The molecule has 0 heterocycles. The van der Waals surface area contributed by atoms with Gasteiger partial charge in [0.15, 0.2) is 0 Å². The van der Waals surface area contributed by atoms with Gasteiger partial charge in [0.1, 0.15) is 5.60 Å². The molecular formula is C22H32F2O5. The fourth-order valence-electron chi connectivity index (χ4n) is 6.83. The van der Waals surface area contributed by atoms with Gasteiger partial charge in [-0.15, -0.1) is 0 Å². The van der Waals surface area contributed by atoms with Gasteiger partial charge < -0.3 is 14.2 Å². The van der Waals surface area contributed by atoms with Gasteiger partial charge in [0.05, 0.1) is 18.6 Å². The van der Waals surface area contributed by atoms with E-state index in [1.165, 1.54) is 0 Å². The van der Waals surface area contributed by atoms with E-state index in [0.717, 1.165) is 57.8 Å². The van der Waals surface area contributed by atoms with Crippen LogP contribution in [0.25, 0.3) is 0 Å². The second-order valence-electron chi connectivity index (χ2n) is 10.2. The van der Waals surface area contributed by atoms with E-state index in [2.05, 4.69) is 0 Å². The number of carbonyl (C=O) groups excluding carboxylic acids is 2. The Morgan fingerprint density at radius 1 is 1.03 bits per heavy atom. The summed E-state index contributed by atoms with van der Waals surface area (Å²) in [6, 6.07) is 0. The van der Waals surface area contributed by atoms with Crippen LogP contribution in [0.2, 0.25) is 0 Å². The molecule has 5 aliphatic carbocycles. The molecular weight excluding hydrogens is 382 g/mol. The van der Waals surface area contributed by atoms with Gasteiger partial charge in [-0.3, -0.25) is 4.79 Å². The first-order chi connectivity index (χ1) is 13.6. The van der Waals surface area contributed by atoms with E-state index < -0.39 is 17.5 Å². The first-order valence-corrected chi connectivity index (χ1v) is 10.9. The van der Waals surface area contributed by atoms with Crippen LogP contribution >= 0.6 is 0 Å². The average molecular weight is 414 g/mol. The first kappa shape index (κ1) is 21.0. The first-order valence-electron chi connectivity index (χ1n) is 10.9. The van der Waals surface area contributed by atoms with Crippen molar-refractivity contribution in [3.63, 3.8) is 0 Å². The highest BCUT2D eigenvalue weighted by Crippen LogP contribution is 2.63. The molecule has 0 aliphatic heterocycles. The van der Waals surface area contributed by atoms with E-state index in [4.69, 9.17) is 14.2 Å². The monoisotopic (exact) mass is 414 g/mol. The van der Waals surface area contributed by atoms with Crippen molar-refractivity contribution in [3.05, 3.63) is 0 Å². The van der Waals surface area contributed by atoms with Crippen molar-refractivity contribution in [2.45, 2.75) is 88.8 Å². The van der Waals surface area contributed by atoms with Gasteiger partial charge in [-0.1, -0.05) is 0 Å². The van der Waals surface area contributed by atoms with Gasteiger partial charge in [0.25, 0.3) is 0 Å². The van der Waals surface area contributed by atoms with E-state index >= 15 is 0 Å². The minimum Gasteiger partial charge on any atom is -0.461 e. The number of esters is 2. The maximum Gasteiger partial charge on any atom is 0.376 e. The lowest BCUT2D eigenvalue weighted by Crippen LogP contribution is -2.59. The quantitative estimate of drug-likeness (QED) is 0.608. The number of rotatable bonds is 6. The van der Waals surface area contributed by atoms with Crippen molar-refractivity contribution in [1.29, 1.82) is 0 Å². The van der Waals surface area contributed by atoms with Crippen molar-refractivity contribution < 1.29 is 32.6 Å². The molecule has 0 spiro atoms. The van der Waals surface area contributed by atoms with Crippen LogP contribution in [0.3, 0.4) is 0 Å². The van der Waals surface area contributed by atoms with Gasteiger partial charge in [-0.25, -0.2) is 4.79 Å². The normalized spacial score (nSPS) is 41.2. The minimum absolute atomic E-state index is 0.000507. The lowest BCUT2D eigenvalue weighted by atomic mass is 9.48. The Bertz CT molecular complexity index is 636. The van der Waals surface area contributed by atoms with Crippen LogP contribution in [0, 0.1) is 23.2 Å². The van der Waals surface area contributed by atoms with Crippen molar-refractivity contribution in [2.75, 3.05) is 13.7 Å². The Morgan fingerprint density at radius 2 is 1.66 bits per heavy atom. The van der Waals surface area contributed by atoms with E-state index in [-0.39, 0.29) is 30.0 Å². The molecule has 164 valence electrons. The Morgan fingerprint density at radius 3 is 2.21 bits per heavy atom. The second-order valence-corrected chi connectivity index (χ2v) is 10.2. The molecule has 29 heavy (non-hydrogen) atoms. The number of hydrogen-bond donors (Lipinski definition) is 0. The molecule has 0 amide bonds. The second kappa shape index (κ2) is 7.47. The summed E-state index contributed by atoms with van der Waals surface area (Å²) in [6.45, 7) is 0.567. The number of alkyl halides is 2. The van der Waals surface area contributed by atoms with Crippen molar-refractivity contribution in [2.24, 2.45) is 23.2 Å². The Hall–Kier alpha value is -1.24. The summed E-state index contributed by atoms with van der Waals surface area (Å²) in [5.41, 5.74) is -0.848. The third kappa shape index (κ3) is 4.30. The SMILES string of the molecule is COC1CCC(C(=O)OC23CC4CC(CC(COC(=O)C(C)(F)F)(C4)C2)C3)CC1. The van der Waals surface area contributed by atoms with Gasteiger partial charge >= 0.3 is 17.9 Å². The zero-order valence-corrected chi connectivity index (χ0v) is 17.4. The zero-order chi connectivity index (χ0) is 20.9. The molecule has 0 saturated heterocycles. The highest BCUT2D eigenvalue weighted by atomic mass is 19.3. The molecule has 0 aromatic carbocycles. The highest BCUT2D eigenvalue weighted by Gasteiger charge is 2.60. The Kier molecular flexibility index (Phi) is 5.41. The summed E-state index contributed by atoms with van der Waals surface area (Å²) in [5.74, 6) is -4.32. The molecule has 5 saturated carbocycles. The third-order valence-electron chi connectivity index (χ3n) is 7.65. The zero-order valence-electron chi connectivity index (χ0n) is 17.4. The maximum atomic E-state index is 13.2. The van der Waals surface area contributed by atoms with E-state index in [0.29, 0.717) is 25.2 Å².